The van der Waals surface area contributed by atoms with Gasteiger partial charge in [0.1, 0.15) is 11.5 Å². The van der Waals surface area contributed by atoms with Gasteiger partial charge in [-0.3, -0.25) is 4.79 Å². The standard InChI is InChI=1S/C24H36O7/c1-5-6-11-30-20-22-14-8-7-13-12(2)17(26)23(14,18(13)27)24(29,31-20)19(28)16(22)21(3,4)10-9-15(22)25/h13-16,18-20,25,27-29H,2,5-11H2,1,3-4H3/t13-,14-,15-,16+,18+,19-,20?,22-,23-,24+/m0/s1. The zero-order chi connectivity index (χ0) is 22.6. The third kappa shape index (κ3) is 2.19. The first kappa shape index (κ1) is 22.0. The van der Waals surface area contributed by atoms with E-state index in [9.17, 15) is 25.2 Å². The maximum absolute atomic E-state index is 13.7. The van der Waals surface area contributed by atoms with Crippen LogP contribution < -0.4 is 0 Å². The molecule has 0 amide bonds. The molecule has 2 spiro atoms. The van der Waals surface area contributed by atoms with Crippen molar-refractivity contribution < 1.29 is 34.7 Å². The lowest BCUT2D eigenvalue weighted by molar-refractivity contribution is -0.511. The van der Waals surface area contributed by atoms with E-state index >= 15 is 0 Å². The van der Waals surface area contributed by atoms with Crippen molar-refractivity contribution in [1.29, 1.82) is 0 Å². The molecule has 0 aromatic rings. The van der Waals surface area contributed by atoms with Crippen LogP contribution in [0.3, 0.4) is 0 Å². The number of hydrogen-bond donors (Lipinski definition) is 4. The van der Waals surface area contributed by atoms with E-state index in [4.69, 9.17) is 9.47 Å². The minimum absolute atomic E-state index is 0.285. The molecule has 4 N–H and O–H groups in total. The highest BCUT2D eigenvalue weighted by atomic mass is 16.8. The van der Waals surface area contributed by atoms with Crippen LogP contribution in [0.2, 0.25) is 0 Å². The molecule has 4 bridgehead atoms. The van der Waals surface area contributed by atoms with Crippen molar-refractivity contribution in [1.82, 2.24) is 0 Å². The summed E-state index contributed by atoms with van der Waals surface area (Å²) in [7, 11) is 0. The fourth-order valence-electron chi connectivity index (χ4n) is 8.45. The first-order valence-electron chi connectivity index (χ1n) is 11.8. The molecule has 6 aliphatic rings. The fourth-order valence-corrected chi connectivity index (χ4v) is 8.45. The summed E-state index contributed by atoms with van der Waals surface area (Å²) in [5.41, 5.74) is -2.98. The van der Waals surface area contributed by atoms with E-state index in [1.807, 2.05) is 20.8 Å². The molecule has 6 fully saturated rings. The molecule has 7 nitrogen and oxygen atoms in total. The molecule has 2 heterocycles. The van der Waals surface area contributed by atoms with Crippen LogP contribution in [0.1, 0.15) is 59.3 Å². The van der Waals surface area contributed by atoms with Crippen LogP contribution in [0.5, 0.6) is 0 Å². The molecule has 0 aromatic heterocycles. The summed E-state index contributed by atoms with van der Waals surface area (Å²) in [6.45, 7) is 10.4. The molecule has 7 heteroatoms. The van der Waals surface area contributed by atoms with Crippen LogP contribution in [0.4, 0.5) is 0 Å². The smallest absolute Gasteiger partial charge is 0.211 e. The largest absolute Gasteiger partial charge is 0.392 e. The Hall–Kier alpha value is -0.830. The predicted molar refractivity (Wildman–Crippen MR) is 110 cm³/mol. The maximum atomic E-state index is 13.7. The van der Waals surface area contributed by atoms with Gasteiger partial charge in [0.25, 0.3) is 0 Å². The van der Waals surface area contributed by atoms with E-state index < -0.39 is 70.2 Å². The lowest BCUT2D eigenvalue weighted by Gasteiger charge is -2.76. The van der Waals surface area contributed by atoms with Gasteiger partial charge in [0.2, 0.25) is 5.79 Å². The second-order valence-corrected chi connectivity index (χ2v) is 11.2. The van der Waals surface area contributed by atoms with Crippen molar-refractivity contribution in [2.75, 3.05) is 6.61 Å². The van der Waals surface area contributed by atoms with Crippen molar-refractivity contribution in [3.05, 3.63) is 12.2 Å². The average Bonchev–Trinajstić information content (AvgIpc) is 2.82. The summed E-state index contributed by atoms with van der Waals surface area (Å²) in [6.07, 6.45) is -0.575. The van der Waals surface area contributed by atoms with Crippen molar-refractivity contribution in [3.63, 3.8) is 0 Å². The Bertz CT molecular complexity index is 810. The predicted octanol–water partition coefficient (Wildman–Crippen LogP) is 1.52. The van der Waals surface area contributed by atoms with Crippen molar-refractivity contribution in [2.45, 2.75) is 89.7 Å². The SMILES string of the molecule is C=C1C(=O)[C@]23[C@H](O)[C@H]1CC[C@H]2[C@@]12C(OCCCC)O[C@]3(O)[C@@H](O)[C@@H]1C(C)(C)CC[C@@H]2O. The molecule has 4 aliphatic carbocycles. The minimum atomic E-state index is -2.30. The summed E-state index contributed by atoms with van der Waals surface area (Å²) in [5.74, 6) is -4.33. The van der Waals surface area contributed by atoms with Crippen LogP contribution in [-0.4, -0.2) is 63.2 Å². The Morgan fingerprint density at radius 2 is 1.87 bits per heavy atom. The molecule has 2 saturated heterocycles. The van der Waals surface area contributed by atoms with Gasteiger partial charge in [0.15, 0.2) is 12.1 Å². The van der Waals surface area contributed by atoms with Gasteiger partial charge < -0.3 is 29.9 Å². The monoisotopic (exact) mass is 436 g/mol. The lowest BCUT2D eigenvalue weighted by atomic mass is 9.35. The number of aliphatic hydroxyl groups is 4. The van der Waals surface area contributed by atoms with Crippen LogP contribution in [0, 0.1) is 34.0 Å². The highest BCUT2D eigenvalue weighted by Gasteiger charge is 2.89. The van der Waals surface area contributed by atoms with Crippen LogP contribution in [0.25, 0.3) is 0 Å². The third-order valence-electron chi connectivity index (χ3n) is 9.67. The minimum Gasteiger partial charge on any atom is -0.392 e. The zero-order valence-electron chi connectivity index (χ0n) is 18.7. The van der Waals surface area contributed by atoms with Gasteiger partial charge in [-0.15, -0.1) is 0 Å². The van der Waals surface area contributed by atoms with E-state index in [0.29, 0.717) is 32.3 Å². The number of hydrogen-bond acceptors (Lipinski definition) is 7. The van der Waals surface area contributed by atoms with Gasteiger partial charge in [-0.1, -0.05) is 33.8 Å². The fraction of sp³-hybridized carbons (Fsp3) is 0.875. The molecule has 4 saturated carbocycles. The average molecular weight is 437 g/mol. The van der Waals surface area contributed by atoms with Crippen molar-refractivity contribution in [2.24, 2.45) is 34.0 Å². The summed E-state index contributed by atoms with van der Waals surface area (Å²) < 4.78 is 12.3. The highest BCUT2D eigenvalue weighted by molar-refractivity contribution is 6.05. The third-order valence-corrected chi connectivity index (χ3v) is 9.67. The Morgan fingerprint density at radius 1 is 1.16 bits per heavy atom. The van der Waals surface area contributed by atoms with Crippen LogP contribution >= 0.6 is 0 Å². The number of carbonyl (C=O) groups excluding carboxylic acids is 1. The molecule has 0 aromatic carbocycles. The molecule has 31 heavy (non-hydrogen) atoms. The number of ketones is 1. The van der Waals surface area contributed by atoms with Gasteiger partial charge >= 0.3 is 0 Å². The molecular weight excluding hydrogens is 400 g/mol. The first-order chi connectivity index (χ1) is 14.5. The molecule has 1 unspecified atom stereocenters. The number of ether oxygens (including phenoxy) is 2. The van der Waals surface area contributed by atoms with E-state index in [-0.39, 0.29) is 5.57 Å². The van der Waals surface area contributed by atoms with Gasteiger partial charge in [-0.25, -0.2) is 0 Å². The van der Waals surface area contributed by atoms with E-state index in [1.165, 1.54) is 0 Å². The zero-order valence-corrected chi connectivity index (χ0v) is 18.7. The first-order valence-corrected chi connectivity index (χ1v) is 11.8. The van der Waals surface area contributed by atoms with Gasteiger partial charge in [-0.05, 0) is 49.0 Å². The maximum Gasteiger partial charge on any atom is 0.211 e. The Kier molecular flexibility index (Phi) is 4.69. The molecule has 6 rings (SSSR count). The highest BCUT2D eigenvalue weighted by Crippen LogP contribution is 2.78. The molecule has 174 valence electrons. The van der Waals surface area contributed by atoms with Crippen molar-refractivity contribution >= 4 is 5.78 Å². The number of unbranched alkanes of at least 4 members (excludes halogenated alkanes) is 1. The van der Waals surface area contributed by atoms with Crippen LogP contribution in [0.15, 0.2) is 12.2 Å². The molecule has 2 aliphatic heterocycles. The van der Waals surface area contributed by atoms with Crippen LogP contribution in [-0.2, 0) is 14.3 Å². The Morgan fingerprint density at radius 3 is 2.55 bits per heavy atom. The summed E-state index contributed by atoms with van der Waals surface area (Å²) in [6, 6.07) is 0. The molecular formula is C24H36O7. The lowest BCUT2D eigenvalue weighted by Crippen LogP contribution is -2.88. The number of carbonyl (C=O) groups is 1. The second kappa shape index (κ2) is 6.61. The van der Waals surface area contributed by atoms with E-state index in [2.05, 4.69) is 6.58 Å². The van der Waals surface area contributed by atoms with E-state index in [0.717, 1.165) is 12.8 Å². The van der Waals surface area contributed by atoms with Gasteiger partial charge in [-0.2, -0.15) is 0 Å². The topological polar surface area (TPSA) is 116 Å². The summed E-state index contributed by atoms with van der Waals surface area (Å²) in [5, 5.41) is 46.6. The summed E-state index contributed by atoms with van der Waals surface area (Å²) >= 11 is 0. The number of aliphatic hydroxyl groups excluding tert-OH is 3. The van der Waals surface area contributed by atoms with E-state index in [1.54, 1.807) is 0 Å². The Balaban J connectivity index is 1.76. The summed E-state index contributed by atoms with van der Waals surface area (Å²) in [4.78, 5) is 13.7. The number of fused-ring (bicyclic) bond motifs is 2. The quantitative estimate of drug-likeness (QED) is 0.390. The van der Waals surface area contributed by atoms with Gasteiger partial charge in [0.05, 0.1) is 17.6 Å². The normalized spacial score (nSPS) is 54.6. The molecule has 0 radical (unpaired) electrons. The second-order valence-electron chi connectivity index (χ2n) is 11.2. The Labute approximate surface area is 183 Å². The number of rotatable bonds is 4. The number of Topliss-reactive ketones (excluding diaryl/α,β-unsaturated/α-hetero) is 1. The van der Waals surface area contributed by atoms with Gasteiger partial charge in [0, 0.05) is 18.4 Å². The van der Waals surface area contributed by atoms with Crippen molar-refractivity contribution in [3.8, 4) is 0 Å². The molecule has 10 atom stereocenters.